The molecular weight excluding hydrogens is 360 g/mol. The van der Waals surface area contributed by atoms with E-state index in [0.717, 1.165) is 10.2 Å². The van der Waals surface area contributed by atoms with E-state index >= 15 is 0 Å². The van der Waals surface area contributed by atoms with Gasteiger partial charge in [0, 0.05) is 18.2 Å². The van der Waals surface area contributed by atoms with Crippen molar-refractivity contribution >= 4 is 27.5 Å². The third-order valence-corrected chi connectivity index (χ3v) is 5.45. The Morgan fingerprint density at radius 3 is 2.33 bits per heavy atom. The number of amides is 1. The predicted molar refractivity (Wildman–Crippen MR) is 109 cm³/mol. The minimum Gasteiger partial charge on any atom is -0.497 e. The summed E-state index contributed by atoms with van der Waals surface area (Å²) in [6.07, 6.45) is 1.80. The van der Waals surface area contributed by atoms with E-state index in [1.54, 1.807) is 38.5 Å². The molecule has 0 spiro atoms. The van der Waals surface area contributed by atoms with Gasteiger partial charge in [0.05, 0.1) is 24.4 Å². The summed E-state index contributed by atoms with van der Waals surface area (Å²) in [7, 11) is 3.10. The van der Waals surface area contributed by atoms with Crippen molar-refractivity contribution in [3.05, 3.63) is 64.5 Å². The number of thiazole rings is 1. The van der Waals surface area contributed by atoms with Crippen LogP contribution >= 0.6 is 11.3 Å². The first kappa shape index (κ1) is 18.9. The summed E-state index contributed by atoms with van der Waals surface area (Å²) in [5, 5.41) is 0. The van der Waals surface area contributed by atoms with Crippen molar-refractivity contribution in [2.24, 2.45) is 4.99 Å². The zero-order valence-electron chi connectivity index (χ0n) is 15.9. The van der Waals surface area contributed by atoms with Crippen molar-refractivity contribution < 1.29 is 14.3 Å². The molecule has 1 heterocycles. The second kappa shape index (κ2) is 7.80. The third kappa shape index (κ3) is 3.80. The molecule has 0 N–H and O–H groups in total. The van der Waals surface area contributed by atoms with Gasteiger partial charge in [0.15, 0.2) is 4.80 Å². The molecule has 0 saturated heterocycles. The van der Waals surface area contributed by atoms with Crippen LogP contribution in [0.5, 0.6) is 11.5 Å². The van der Waals surface area contributed by atoms with Gasteiger partial charge in [-0.25, -0.2) is 0 Å². The summed E-state index contributed by atoms with van der Waals surface area (Å²) in [6, 6.07) is 9.30. The number of carbonyl (C=O) groups is 1. The number of benzene rings is 2. The van der Waals surface area contributed by atoms with Crippen LogP contribution in [0.3, 0.4) is 0 Å². The zero-order valence-corrected chi connectivity index (χ0v) is 16.7. The molecule has 5 nitrogen and oxygen atoms in total. The maximum Gasteiger partial charge on any atom is 0.279 e. The standard InChI is InChI=1S/C21H22N2O3S/c1-6-7-23-18-8-13(2)14(3)9-19(18)27-21(23)22-20(24)15-10-16(25-4)12-17(11-15)26-5/h6,8-12H,1,7H2,2-5H3. The fourth-order valence-electron chi connectivity index (χ4n) is 2.79. The highest BCUT2D eigenvalue weighted by atomic mass is 32.1. The molecule has 0 bridgehead atoms. The largest absolute Gasteiger partial charge is 0.497 e. The number of aromatic nitrogens is 1. The van der Waals surface area contributed by atoms with Gasteiger partial charge >= 0.3 is 0 Å². The summed E-state index contributed by atoms with van der Waals surface area (Å²) in [4.78, 5) is 17.8. The van der Waals surface area contributed by atoms with E-state index in [1.165, 1.54) is 22.5 Å². The van der Waals surface area contributed by atoms with Gasteiger partial charge in [0.1, 0.15) is 11.5 Å². The lowest BCUT2D eigenvalue weighted by Crippen LogP contribution is -2.16. The van der Waals surface area contributed by atoms with Crippen LogP contribution in [-0.4, -0.2) is 24.7 Å². The Kier molecular flexibility index (Phi) is 5.46. The van der Waals surface area contributed by atoms with Crippen molar-refractivity contribution in [3.8, 4) is 11.5 Å². The summed E-state index contributed by atoms with van der Waals surface area (Å²) in [5.41, 5.74) is 3.89. The molecule has 0 unspecified atom stereocenters. The molecule has 0 aliphatic rings. The van der Waals surface area contributed by atoms with E-state index in [4.69, 9.17) is 9.47 Å². The fraction of sp³-hybridized carbons (Fsp3) is 0.238. The van der Waals surface area contributed by atoms with Crippen molar-refractivity contribution in [2.45, 2.75) is 20.4 Å². The monoisotopic (exact) mass is 382 g/mol. The predicted octanol–water partition coefficient (Wildman–Crippen LogP) is 4.26. The van der Waals surface area contributed by atoms with Crippen molar-refractivity contribution in [3.63, 3.8) is 0 Å². The zero-order chi connectivity index (χ0) is 19.6. The normalized spacial score (nSPS) is 11.6. The van der Waals surface area contributed by atoms with Gasteiger partial charge in [-0.2, -0.15) is 4.99 Å². The first-order valence-corrected chi connectivity index (χ1v) is 9.32. The number of hydrogen-bond donors (Lipinski definition) is 0. The van der Waals surface area contributed by atoms with E-state index in [2.05, 4.69) is 37.6 Å². The highest BCUT2D eigenvalue weighted by Crippen LogP contribution is 2.24. The molecular formula is C21H22N2O3S. The number of allylic oxidation sites excluding steroid dienone is 1. The molecule has 1 aromatic heterocycles. The Labute approximate surface area is 162 Å². The lowest BCUT2D eigenvalue weighted by Gasteiger charge is -2.06. The van der Waals surface area contributed by atoms with E-state index in [1.807, 2.05) is 4.57 Å². The van der Waals surface area contributed by atoms with Crippen molar-refractivity contribution in [1.82, 2.24) is 4.57 Å². The van der Waals surface area contributed by atoms with E-state index in [9.17, 15) is 4.79 Å². The second-order valence-corrected chi connectivity index (χ2v) is 7.22. The van der Waals surface area contributed by atoms with Crippen molar-refractivity contribution in [1.29, 1.82) is 0 Å². The van der Waals surface area contributed by atoms with Crippen LogP contribution in [0.15, 0.2) is 48.0 Å². The van der Waals surface area contributed by atoms with Gasteiger partial charge < -0.3 is 14.0 Å². The SMILES string of the molecule is C=CCn1c(=NC(=O)c2cc(OC)cc(OC)c2)sc2cc(C)c(C)cc21. The average Bonchev–Trinajstić information content (AvgIpc) is 2.98. The molecule has 0 saturated carbocycles. The first-order chi connectivity index (χ1) is 13.0. The van der Waals surface area contributed by atoms with Crippen molar-refractivity contribution in [2.75, 3.05) is 14.2 Å². The number of hydrogen-bond acceptors (Lipinski definition) is 4. The van der Waals surface area contributed by atoms with E-state index < -0.39 is 0 Å². The molecule has 1 amide bonds. The number of nitrogens with zero attached hydrogens (tertiary/aromatic N) is 2. The van der Waals surface area contributed by atoms with Gasteiger partial charge in [-0.3, -0.25) is 4.79 Å². The minimum atomic E-state index is -0.343. The van der Waals surface area contributed by atoms with Crippen LogP contribution in [0.4, 0.5) is 0 Å². The Bertz CT molecular complexity index is 1070. The smallest absolute Gasteiger partial charge is 0.279 e. The van der Waals surface area contributed by atoms with Crippen LogP contribution in [0, 0.1) is 13.8 Å². The maximum atomic E-state index is 12.8. The van der Waals surface area contributed by atoms with Gasteiger partial charge in [0.2, 0.25) is 0 Å². The molecule has 3 rings (SSSR count). The molecule has 0 radical (unpaired) electrons. The lowest BCUT2D eigenvalue weighted by molar-refractivity contribution is 0.0997. The summed E-state index contributed by atoms with van der Waals surface area (Å²) in [6.45, 7) is 8.57. The summed E-state index contributed by atoms with van der Waals surface area (Å²) in [5.74, 6) is 0.758. The van der Waals surface area contributed by atoms with Crippen LogP contribution in [0.2, 0.25) is 0 Å². The molecule has 6 heteroatoms. The third-order valence-electron chi connectivity index (χ3n) is 4.41. The van der Waals surface area contributed by atoms with E-state index in [0.29, 0.717) is 28.4 Å². The number of aryl methyl sites for hydroxylation is 2. The van der Waals surface area contributed by atoms with Crippen LogP contribution in [-0.2, 0) is 6.54 Å². The number of methoxy groups -OCH3 is 2. The Morgan fingerprint density at radius 2 is 1.74 bits per heavy atom. The molecule has 2 aromatic carbocycles. The first-order valence-electron chi connectivity index (χ1n) is 8.50. The highest BCUT2D eigenvalue weighted by Gasteiger charge is 2.12. The average molecular weight is 382 g/mol. The molecule has 0 aliphatic heterocycles. The van der Waals surface area contributed by atoms with Gasteiger partial charge in [-0.05, 0) is 49.2 Å². The lowest BCUT2D eigenvalue weighted by atomic mass is 10.1. The number of carbonyl (C=O) groups excluding carboxylic acids is 1. The highest BCUT2D eigenvalue weighted by molar-refractivity contribution is 7.16. The topological polar surface area (TPSA) is 52.8 Å². The Morgan fingerprint density at radius 1 is 1.11 bits per heavy atom. The number of rotatable bonds is 5. The fourth-order valence-corrected chi connectivity index (χ4v) is 3.91. The Hall–Kier alpha value is -2.86. The summed E-state index contributed by atoms with van der Waals surface area (Å²) >= 11 is 1.49. The molecule has 0 fully saturated rings. The maximum absolute atomic E-state index is 12.8. The quantitative estimate of drug-likeness (QED) is 0.620. The summed E-state index contributed by atoms with van der Waals surface area (Å²) < 4.78 is 13.6. The van der Waals surface area contributed by atoms with Crippen LogP contribution < -0.4 is 14.3 Å². The van der Waals surface area contributed by atoms with E-state index in [-0.39, 0.29) is 5.91 Å². The van der Waals surface area contributed by atoms with Gasteiger partial charge in [-0.15, -0.1) is 6.58 Å². The second-order valence-electron chi connectivity index (χ2n) is 6.21. The number of fused-ring (bicyclic) bond motifs is 1. The Balaban J connectivity index is 2.16. The number of ether oxygens (including phenoxy) is 2. The molecule has 140 valence electrons. The molecule has 0 atom stereocenters. The van der Waals surface area contributed by atoms with Gasteiger partial charge in [-0.1, -0.05) is 17.4 Å². The minimum absolute atomic E-state index is 0.343. The van der Waals surface area contributed by atoms with Crippen LogP contribution in [0.1, 0.15) is 21.5 Å². The molecule has 3 aromatic rings. The molecule has 27 heavy (non-hydrogen) atoms. The van der Waals surface area contributed by atoms with Gasteiger partial charge in [0.25, 0.3) is 5.91 Å². The molecule has 0 aliphatic carbocycles. The van der Waals surface area contributed by atoms with Crippen LogP contribution in [0.25, 0.3) is 10.2 Å².